The lowest BCUT2D eigenvalue weighted by Gasteiger charge is -2.45. The number of hydrogen-bond acceptors (Lipinski definition) is 5. The van der Waals surface area contributed by atoms with Gasteiger partial charge in [-0.1, -0.05) is 18.2 Å². The number of aromatic nitrogens is 2. The molecule has 0 radical (unpaired) electrons. The summed E-state index contributed by atoms with van der Waals surface area (Å²) in [6.07, 6.45) is 4.08. The van der Waals surface area contributed by atoms with E-state index in [1.165, 1.54) is 5.56 Å². The van der Waals surface area contributed by atoms with Gasteiger partial charge in [-0.05, 0) is 12.1 Å². The number of nitrogens with zero attached hydrogens (tertiary/aromatic N) is 4. The average Bonchev–Trinajstić information content (AvgIpc) is 3.09. The van der Waals surface area contributed by atoms with E-state index in [-0.39, 0.29) is 12.0 Å². The Morgan fingerprint density at radius 3 is 2.40 bits per heavy atom. The van der Waals surface area contributed by atoms with Crippen LogP contribution in [0.15, 0.2) is 42.7 Å². The summed E-state index contributed by atoms with van der Waals surface area (Å²) in [6, 6.07) is 10.2. The van der Waals surface area contributed by atoms with Crippen LogP contribution in [-0.4, -0.2) is 77.2 Å². The first kappa shape index (κ1) is 16.7. The van der Waals surface area contributed by atoms with E-state index in [4.69, 9.17) is 4.74 Å². The molecule has 2 aliphatic rings. The summed E-state index contributed by atoms with van der Waals surface area (Å²) in [7, 11) is 0. The molecule has 0 aliphatic carbocycles. The molecule has 0 spiro atoms. The Bertz CT molecular complexity index is 670. The van der Waals surface area contributed by atoms with Crippen LogP contribution in [0.4, 0.5) is 0 Å². The molecule has 134 valence electrons. The number of benzene rings is 1. The number of hydrogen-bond donors (Lipinski definition) is 1. The molecule has 3 heterocycles. The Morgan fingerprint density at radius 2 is 1.76 bits per heavy atom. The SMILES string of the molecule is OCC1(CN2CCN(Cc3cnn(-c4ccccc4)c3)CC2)COC1. The van der Waals surface area contributed by atoms with E-state index < -0.39 is 0 Å². The van der Waals surface area contributed by atoms with Crippen molar-refractivity contribution in [2.24, 2.45) is 5.41 Å². The topological polar surface area (TPSA) is 53.8 Å². The smallest absolute Gasteiger partial charge is 0.0645 e. The van der Waals surface area contributed by atoms with Crippen molar-refractivity contribution >= 4 is 0 Å². The number of rotatable bonds is 6. The summed E-state index contributed by atoms with van der Waals surface area (Å²) in [5.41, 5.74) is 2.33. The second-order valence-corrected chi connectivity index (χ2v) is 7.33. The molecule has 4 rings (SSSR count). The molecule has 2 aliphatic heterocycles. The zero-order valence-corrected chi connectivity index (χ0v) is 14.5. The van der Waals surface area contributed by atoms with Crippen LogP contribution in [0.3, 0.4) is 0 Å². The van der Waals surface area contributed by atoms with Crippen LogP contribution in [0, 0.1) is 5.41 Å². The minimum atomic E-state index is -0.0149. The zero-order chi connectivity index (χ0) is 17.1. The van der Waals surface area contributed by atoms with Crippen LogP contribution in [0.2, 0.25) is 0 Å². The summed E-state index contributed by atoms with van der Waals surface area (Å²) >= 11 is 0. The third-order valence-electron chi connectivity index (χ3n) is 5.24. The summed E-state index contributed by atoms with van der Waals surface area (Å²) in [6.45, 7) is 7.72. The van der Waals surface area contributed by atoms with Crippen LogP contribution < -0.4 is 0 Å². The molecule has 6 nitrogen and oxygen atoms in total. The van der Waals surface area contributed by atoms with E-state index in [1.807, 2.05) is 29.1 Å². The molecule has 25 heavy (non-hydrogen) atoms. The molecule has 2 saturated heterocycles. The van der Waals surface area contributed by atoms with Crippen molar-refractivity contribution in [2.75, 3.05) is 52.5 Å². The Balaban J connectivity index is 1.28. The maximum Gasteiger partial charge on any atom is 0.0645 e. The summed E-state index contributed by atoms with van der Waals surface area (Å²) in [5.74, 6) is 0. The normalized spacial score (nSPS) is 21.2. The van der Waals surface area contributed by atoms with E-state index in [0.29, 0.717) is 13.2 Å². The van der Waals surface area contributed by atoms with Gasteiger partial charge in [0.25, 0.3) is 0 Å². The Kier molecular flexibility index (Phi) is 4.85. The summed E-state index contributed by atoms with van der Waals surface area (Å²) < 4.78 is 7.24. The Morgan fingerprint density at radius 1 is 1.04 bits per heavy atom. The van der Waals surface area contributed by atoms with Gasteiger partial charge in [0.15, 0.2) is 0 Å². The minimum absolute atomic E-state index is 0.0149. The molecule has 2 aromatic rings. The number of aliphatic hydroxyl groups is 1. The van der Waals surface area contributed by atoms with Crippen molar-refractivity contribution < 1.29 is 9.84 Å². The first-order valence-electron chi connectivity index (χ1n) is 8.99. The van der Waals surface area contributed by atoms with Crippen molar-refractivity contribution in [3.63, 3.8) is 0 Å². The largest absolute Gasteiger partial charge is 0.396 e. The van der Waals surface area contributed by atoms with Crippen LogP contribution in [-0.2, 0) is 11.3 Å². The molecule has 0 bridgehead atoms. The first-order chi connectivity index (χ1) is 12.3. The monoisotopic (exact) mass is 342 g/mol. The standard InChI is InChI=1S/C19H26N4O2/c24-14-19(15-25-16-19)13-22-8-6-21(7-9-22)11-17-10-20-23(12-17)18-4-2-1-3-5-18/h1-5,10,12,24H,6-9,11,13-16H2. The predicted molar refractivity (Wildman–Crippen MR) is 95.6 cm³/mol. The van der Waals surface area contributed by atoms with Gasteiger partial charge in [-0.3, -0.25) is 9.80 Å². The van der Waals surface area contributed by atoms with E-state index in [1.54, 1.807) is 0 Å². The van der Waals surface area contributed by atoms with Crippen molar-refractivity contribution in [1.82, 2.24) is 19.6 Å². The molecule has 1 aromatic carbocycles. The quantitative estimate of drug-likeness (QED) is 0.849. The Hall–Kier alpha value is -1.73. The first-order valence-corrected chi connectivity index (χ1v) is 8.99. The molecule has 0 amide bonds. The second-order valence-electron chi connectivity index (χ2n) is 7.33. The van der Waals surface area contributed by atoms with Crippen LogP contribution in [0.5, 0.6) is 0 Å². The van der Waals surface area contributed by atoms with Gasteiger partial charge < -0.3 is 9.84 Å². The van der Waals surface area contributed by atoms with E-state index >= 15 is 0 Å². The predicted octanol–water partition coefficient (Wildman–Crippen LogP) is 0.999. The molecular weight excluding hydrogens is 316 g/mol. The fourth-order valence-electron chi connectivity index (χ4n) is 3.63. The van der Waals surface area contributed by atoms with Gasteiger partial charge in [0.1, 0.15) is 0 Å². The second kappa shape index (κ2) is 7.25. The van der Waals surface area contributed by atoms with Gasteiger partial charge in [-0.15, -0.1) is 0 Å². The minimum Gasteiger partial charge on any atom is -0.396 e. The van der Waals surface area contributed by atoms with Crippen molar-refractivity contribution in [3.05, 3.63) is 48.3 Å². The van der Waals surface area contributed by atoms with E-state index in [2.05, 4.69) is 33.2 Å². The van der Waals surface area contributed by atoms with Crippen molar-refractivity contribution in [2.45, 2.75) is 6.54 Å². The highest BCUT2D eigenvalue weighted by atomic mass is 16.5. The van der Waals surface area contributed by atoms with Gasteiger partial charge in [0.2, 0.25) is 0 Å². The fourth-order valence-corrected chi connectivity index (χ4v) is 3.63. The highest BCUT2D eigenvalue weighted by molar-refractivity contribution is 5.30. The zero-order valence-electron chi connectivity index (χ0n) is 14.5. The summed E-state index contributed by atoms with van der Waals surface area (Å²) in [4.78, 5) is 4.94. The highest BCUT2D eigenvalue weighted by Gasteiger charge is 2.40. The van der Waals surface area contributed by atoms with Crippen LogP contribution in [0.25, 0.3) is 5.69 Å². The molecule has 0 saturated carbocycles. The lowest BCUT2D eigenvalue weighted by Crippen LogP contribution is -2.56. The lowest BCUT2D eigenvalue weighted by atomic mass is 9.86. The summed E-state index contributed by atoms with van der Waals surface area (Å²) in [5, 5.41) is 14.1. The average molecular weight is 342 g/mol. The number of piperazine rings is 1. The van der Waals surface area contributed by atoms with Crippen molar-refractivity contribution in [3.8, 4) is 5.69 Å². The van der Waals surface area contributed by atoms with Crippen LogP contribution >= 0.6 is 0 Å². The molecule has 6 heteroatoms. The van der Waals surface area contributed by atoms with Gasteiger partial charge in [0, 0.05) is 51.0 Å². The molecular formula is C19H26N4O2. The maximum absolute atomic E-state index is 9.58. The highest BCUT2D eigenvalue weighted by Crippen LogP contribution is 2.28. The van der Waals surface area contributed by atoms with Gasteiger partial charge >= 0.3 is 0 Å². The molecule has 0 unspecified atom stereocenters. The maximum atomic E-state index is 9.58. The van der Waals surface area contributed by atoms with Gasteiger partial charge in [0.05, 0.1) is 37.1 Å². The number of aliphatic hydroxyl groups excluding tert-OH is 1. The third-order valence-corrected chi connectivity index (χ3v) is 5.24. The lowest BCUT2D eigenvalue weighted by molar-refractivity contribution is -0.150. The fraction of sp³-hybridized carbons (Fsp3) is 0.526. The number of para-hydroxylation sites is 1. The molecule has 2 fully saturated rings. The van der Waals surface area contributed by atoms with Crippen molar-refractivity contribution in [1.29, 1.82) is 0 Å². The number of ether oxygens (including phenoxy) is 1. The molecule has 0 atom stereocenters. The van der Waals surface area contributed by atoms with Gasteiger partial charge in [-0.2, -0.15) is 5.10 Å². The van der Waals surface area contributed by atoms with E-state index in [0.717, 1.165) is 45.0 Å². The molecule has 1 N–H and O–H groups in total. The third kappa shape index (κ3) is 3.77. The van der Waals surface area contributed by atoms with Gasteiger partial charge in [-0.25, -0.2) is 4.68 Å². The Labute approximate surface area is 148 Å². The molecule has 1 aromatic heterocycles. The van der Waals surface area contributed by atoms with Crippen LogP contribution in [0.1, 0.15) is 5.56 Å². The van der Waals surface area contributed by atoms with E-state index in [9.17, 15) is 5.11 Å².